The van der Waals surface area contributed by atoms with E-state index in [2.05, 4.69) is 9.97 Å². The summed E-state index contributed by atoms with van der Waals surface area (Å²) in [5.41, 5.74) is 1.26. The Morgan fingerprint density at radius 2 is 2.15 bits per heavy atom. The van der Waals surface area contributed by atoms with Crippen LogP contribution in [0.1, 0.15) is 36.1 Å². The van der Waals surface area contributed by atoms with Crippen molar-refractivity contribution in [2.24, 2.45) is 0 Å². The van der Waals surface area contributed by atoms with Crippen LogP contribution in [0.5, 0.6) is 0 Å². The normalized spacial score (nSPS) is 13.6. The van der Waals surface area contributed by atoms with Crippen LogP contribution in [0.25, 0.3) is 0 Å². The standard InChI is InChI=1S/C19H21ClFN3O2S/c1-11-13(18(26)23-19(22-11)27-2)8-9-17(25)24(12-6-7-12)10-14-15(20)4-3-5-16(14)21/h3-5,12H,6-10H2,1-2H3,(H,22,23,26). The molecule has 1 aromatic heterocycles. The zero-order valence-electron chi connectivity index (χ0n) is 15.2. The number of carbonyl (C=O) groups excluding carboxylic acids is 1. The molecule has 1 aromatic carbocycles. The molecule has 1 heterocycles. The fraction of sp³-hybridized carbons (Fsp3) is 0.421. The van der Waals surface area contributed by atoms with E-state index >= 15 is 0 Å². The highest BCUT2D eigenvalue weighted by molar-refractivity contribution is 7.98. The summed E-state index contributed by atoms with van der Waals surface area (Å²) >= 11 is 7.47. The molecular weight excluding hydrogens is 389 g/mol. The summed E-state index contributed by atoms with van der Waals surface area (Å²) in [6, 6.07) is 4.63. The van der Waals surface area contributed by atoms with Gasteiger partial charge in [-0.05, 0) is 44.6 Å². The summed E-state index contributed by atoms with van der Waals surface area (Å²) in [6.07, 6.45) is 4.12. The van der Waals surface area contributed by atoms with Crippen molar-refractivity contribution in [3.63, 3.8) is 0 Å². The number of halogens is 2. The van der Waals surface area contributed by atoms with Crippen LogP contribution in [-0.2, 0) is 17.8 Å². The first-order chi connectivity index (χ1) is 12.9. The van der Waals surface area contributed by atoms with Gasteiger partial charge in [0.05, 0.1) is 6.54 Å². The van der Waals surface area contributed by atoms with E-state index in [1.807, 2.05) is 6.26 Å². The fourth-order valence-electron chi connectivity index (χ4n) is 3.01. The fourth-order valence-corrected chi connectivity index (χ4v) is 3.66. The molecule has 1 aliphatic carbocycles. The molecule has 5 nitrogen and oxygen atoms in total. The minimum Gasteiger partial charge on any atom is -0.335 e. The van der Waals surface area contributed by atoms with Crippen molar-refractivity contribution in [1.82, 2.24) is 14.9 Å². The number of nitrogens with zero attached hydrogens (tertiary/aromatic N) is 2. The Morgan fingerprint density at radius 3 is 2.74 bits per heavy atom. The first-order valence-electron chi connectivity index (χ1n) is 8.77. The topological polar surface area (TPSA) is 66.1 Å². The number of aryl methyl sites for hydroxylation is 1. The van der Waals surface area contributed by atoms with Gasteiger partial charge in [0.1, 0.15) is 5.82 Å². The van der Waals surface area contributed by atoms with Crippen LogP contribution in [0.4, 0.5) is 4.39 Å². The quantitative estimate of drug-likeness (QED) is 0.559. The largest absolute Gasteiger partial charge is 0.335 e. The Morgan fingerprint density at radius 1 is 1.41 bits per heavy atom. The number of nitrogens with one attached hydrogen (secondary N) is 1. The van der Waals surface area contributed by atoms with Crippen LogP contribution in [0.15, 0.2) is 28.2 Å². The molecule has 0 unspecified atom stereocenters. The number of thioether (sulfide) groups is 1. The zero-order chi connectivity index (χ0) is 19.6. The lowest BCUT2D eigenvalue weighted by Crippen LogP contribution is -2.33. The minimum atomic E-state index is -0.412. The maximum Gasteiger partial charge on any atom is 0.254 e. The van der Waals surface area contributed by atoms with E-state index in [1.165, 1.54) is 17.8 Å². The molecular formula is C19H21ClFN3O2S. The second kappa shape index (κ2) is 8.44. The second-order valence-corrected chi connectivity index (χ2v) is 7.79. The molecule has 0 saturated heterocycles. The molecule has 0 radical (unpaired) electrons. The number of amides is 1. The summed E-state index contributed by atoms with van der Waals surface area (Å²) in [5.74, 6) is -0.519. The van der Waals surface area contributed by atoms with Gasteiger partial charge in [-0.2, -0.15) is 0 Å². The number of carbonyl (C=O) groups is 1. The summed E-state index contributed by atoms with van der Waals surface area (Å²) in [7, 11) is 0. The summed E-state index contributed by atoms with van der Waals surface area (Å²) < 4.78 is 14.1. The molecule has 0 spiro atoms. The first kappa shape index (κ1) is 19.9. The van der Waals surface area contributed by atoms with Crippen LogP contribution in [0.3, 0.4) is 0 Å². The predicted molar refractivity (Wildman–Crippen MR) is 105 cm³/mol. The second-order valence-electron chi connectivity index (χ2n) is 6.59. The molecule has 0 atom stereocenters. The highest BCUT2D eigenvalue weighted by Gasteiger charge is 2.33. The minimum absolute atomic E-state index is 0.107. The molecule has 1 aliphatic rings. The van der Waals surface area contributed by atoms with Gasteiger partial charge >= 0.3 is 0 Å². The van der Waals surface area contributed by atoms with Crippen LogP contribution >= 0.6 is 23.4 Å². The van der Waals surface area contributed by atoms with Crippen LogP contribution < -0.4 is 5.56 Å². The molecule has 1 amide bonds. The monoisotopic (exact) mass is 409 g/mol. The lowest BCUT2D eigenvalue weighted by Gasteiger charge is -2.23. The number of aromatic nitrogens is 2. The van der Waals surface area contributed by atoms with Crippen molar-refractivity contribution >= 4 is 29.3 Å². The van der Waals surface area contributed by atoms with Gasteiger partial charge in [-0.1, -0.05) is 29.4 Å². The van der Waals surface area contributed by atoms with E-state index in [9.17, 15) is 14.0 Å². The highest BCUT2D eigenvalue weighted by atomic mass is 35.5. The van der Waals surface area contributed by atoms with Crippen molar-refractivity contribution in [2.45, 2.75) is 50.4 Å². The number of H-pyrrole nitrogens is 1. The average molecular weight is 410 g/mol. The van der Waals surface area contributed by atoms with Gasteiger partial charge in [-0.3, -0.25) is 9.59 Å². The predicted octanol–water partition coefficient (Wildman–Crippen LogP) is 3.72. The van der Waals surface area contributed by atoms with Crippen molar-refractivity contribution in [3.05, 3.63) is 56.2 Å². The molecule has 0 aliphatic heterocycles. The highest BCUT2D eigenvalue weighted by Crippen LogP contribution is 2.31. The molecule has 0 bridgehead atoms. The Hall–Kier alpha value is -1.86. The summed E-state index contributed by atoms with van der Waals surface area (Å²) in [5, 5.41) is 0.874. The third kappa shape index (κ3) is 4.71. The van der Waals surface area contributed by atoms with Crippen molar-refractivity contribution in [1.29, 1.82) is 0 Å². The van der Waals surface area contributed by atoms with E-state index in [4.69, 9.17) is 11.6 Å². The smallest absolute Gasteiger partial charge is 0.254 e. The van der Waals surface area contributed by atoms with Crippen molar-refractivity contribution in [3.8, 4) is 0 Å². The van der Waals surface area contributed by atoms with Gasteiger partial charge in [0.2, 0.25) is 5.91 Å². The van der Waals surface area contributed by atoms with Gasteiger partial charge in [0.25, 0.3) is 5.56 Å². The van der Waals surface area contributed by atoms with E-state index in [1.54, 1.807) is 24.0 Å². The number of benzene rings is 1. The van der Waals surface area contributed by atoms with Crippen molar-refractivity contribution < 1.29 is 9.18 Å². The maximum atomic E-state index is 14.1. The Balaban J connectivity index is 1.73. The lowest BCUT2D eigenvalue weighted by molar-refractivity contribution is -0.132. The lowest BCUT2D eigenvalue weighted by atomic mass is 10.1. The van der Waals surface area contributed by atoms with Gasteiger partial charge in [-0.25, -0.2) is 9.37 Å². The number of hydrogen-bond donors (Lipinski definition) is 1. The Kier molecular flexibility index (Phi) is 6.22. The molecule has 1 fully saturated rings. The molecule has 3 rings (SSSR count). The Bertz CT molecular complexity index is 894. The van der Waals surface area contributed by atoms with Gasteiger partial charge < -0.3 is 9.88 Å². The van der Waals surface area contributed by atoms with E-state index in [-0.39, 0.29) is 30.5 Å². The van der Waals surface area contributed by atoms with Crippen LogP contribution in [-0.4, -0.2) is 33.1 Å². The third-order valence-electron chi connectivity index (χ3n) is 4.68. The summed E-state index contributed by atoms with van der Waals surface area (Å²) in [6.45, 7) is 1.92. The van der Waals surface area contributed by atoms with Crippen molar-refractivity contribution in [2.75, 3.05) is 6.26 Å². The zero-order valence-corrected chi connectivity index (χ0v) is 16.8. The maximum absolute atomic E-state index is 14.1. The molecule has 8 heteroatoms. The van der Waals surface area contributed by atoms with E-state index in [0.717, 1.165) is 12.8 Å². The summed E-state index contributed by atoms with van der Waals surface area (Å²) in [4.78, 5) is 33.7. The SMILES string of the molecule is CSc1nc(C)c(CCC(=O)N(Cc2c(F)cccc2Cl)C2CC2)c(=O)[nH]1. The van der Waals surface area contributed by atoms with E-state index < -0.39 is 5.82 Å². The Labute approximate surface area is 166 Å². The van der Waals surface area contributed by atoms with Gasteiger partial charge in [0.15, 0.2) is 5.16 Å². The molecule has 144 valence electrons. The molecule has 1 saturated carbocycles. The average Bonchev–Trinajstić information content (AvgIpc) is 3.45. The molecule has 1 N–H and O–H groups in total. The molecule has 2 aromatic rings. The number of rotatable bonds is 7. The van der Waals surface area contributed by atoms with Gasteiger partial charge in [0, 0.05) is 34.3 Å². The third-order valence-corrected chi connectivity index (χ3v) is 5.62. The van der Waals surface area contributed by atoms with E-state index in [0.29, 0.717) is 33.4 Å². The molecule has 27 heavy (non-hydrogen) atoms. The first-order valence-corrected chi connectivity index (χ1v) is 10.4. The number of hydrogen-bond acceptors (Lipinski definition) is 4. The van der Waals surface area contributed by atoms with Crippen LogP contribution in [0.2, 0.25) is 5.02 Å². The number of aromatic amines is 1. The van der Waals surface area contributed by atoms with Gasteiger partial charge in [-0.15, -0.1) is 0 Å². The van der Waals surface area contributed by atoms with Crippen LogP contribution in [0, 0.1) is 12.7 Å².